The molecule has 0 aliphatic rings. The Morgan fingerprint density at radius 1 is 1.47 bits per heavy atom. The number of thioether (sulfide) groups is 1. The van der Waals surface area contributed by atoms with Gasteiger partial charge >= 0.3 is 5.51 Å². The van der Waals surface area contributed by atoms with Crippen molar-refractivity contribution in [1.82, 2.24) is 4.98 Å². The lowest BCUT2D eigenvalue weighted by molar-refractivity contribution is -0.0327. The minimum absolute atomic E-state index is 0.00522. The van der Waals surface area contributed by atoms with Crippen LogP contribution in [0.4, 0.5) is 18.9 Å². The molecule has 1 heterocycles. The van der Waals surface area contributed by atoms with Crippen molar-refractivity contribution >= 4 is 17.4 Å². The number of alkyl halides is 3. The van der Waals surface area contributed by atoms with Crippen molar-refractivity contribution in [2.75, 3.05) is 17.6 Å². The maximum absolute atomic E-state index is 11.8. The Labute approximate surface area is 90.3 Å². The van der Waals surface area contributed by atoms with Gasteiger partial charge in [-0.15, -0.1) is 0 Å². The zero-order chi connectivity index (χ0) is 11.3. The van der Waals surface area contributed by atoms with Crippen molar-refractivity contribution in [2.45, 2.75) is 12.4 Å². The molecule has 2 nitrogen and oxygen atoms in total. The molecule has 15 heavy (non-hydrogen) atoms. The highest BCUT2D eigenvalue weighted by molar-refractivity contribution is 8.00. The second-order valence-electron chi connectivity index (χ2n) is 2.91. The number of pyridine rings is 1. The summed E-state index contributed by atoms with van der Waals surface area (Å²) in [5.74, 6) is 0.00522. The van der Waals surface area contributed by atoms with Crippen LogP contribution in [0.3, 0.4) is 0 Å². The van der Waals surface area contributed by atoms with Crippen LogP contribution in [0.2, 0.25) is 0 Å². The first-order valence-corrected chi connectivity index (χ1v) is 5.33. The molecule has 6 heteroatoms. The number of halogens is 3. The van der Waals surface area contributed by atoms with Gasteiger partial charge in [-0.3, -0.25) is 4.98 Å². The first-order chi connectivity index (χ1) is 6.99. The van der Waals surface area contributed by atoms with Crippen LogP contribution >= 0.6 is 11.8 Å². The molecule has 0 aromatic carbocycles. The Morgan fingerprint density at radius 2 is 2.20 bits per heavy atom. The monoisotopic (exact) mass is 236 g/mol. The van der Waals surface area contributed by atoms with E-state index in [-0.39, 0.29) is 24.1 Å². The summed E-state index contributed by atoms with van der Waals surface area (Å²) in [5, 5.41) is 2.92. The summed E-state index contributed by atoms with van der Waals surface area (Å²) in [7, 11) is 0. The third-order valence-electron chi connectivity index (χ3n) is 1.70. The molecular weight excluding hydrogens is 225 g/mol. The average Bonchev–Trinajstić information content (AvgIpc) is 2.13. The minimum Gasteiger partial charge on any atom is -0.384 e. The maximum atomic E-state index is 11.8. The number of anilines is 1. The van der Waals surface area contributed by atoms with E-state index in [1.54, 1.807) is 18.5 Å². The second-order valence-corrected chi connectivity index (χ2v) is 4.07. The number of rotatable bonds is 4. The summed E-state index contributed by atoms with van der Waals surface area (Å²) < 4.78 is 35.4. The first kappa shape index (κ1) is 12.2. The Bertz CT molecular complexity index is 314. The number of nitrogens with zero attached hydrogens (tertiary/aromatic N) is 1. The molecule has 0 spiro atoms. The minimum atomic E-state index is -4.14. The van der Waals surface area contributed by atoms with Gasteiger partial charge in [0.15, 0.2) is 0 Å². The molecule has 0 radical (unpaired) electrons. The van der Waals surface area contributed by atoms with Crippen LogP contribution in [0, 0.1) is 6.92 Å². The zero-order valence-corrected chi connectivity index (χ0v) is 8.95. The van der Waals surface area contributed by atoms with Gasteiger partial charge in [-0.2, -0.15) is 13.2 Å². The SMILES string of the molecule is Cc1cnccc1NCCSC(F)(F)F. The van der Waals surface area contributed by atoms with E-state index in [1.807, 2.05) is 6.92 Å². The summed E-state index contributed by atoms with van der Waals surface area (Å²) in [4.78, 5) is 3.89. The lowest BCUT2D eigenvalue weighted by Gasteiger charge is -2.09. The van der Waals surface area contributed by atoms with Gasteiger partial charge in [-0.25, -0.2) is 0 Å². The molecular formula is C9H11F3N2S. The van der Waals surface area contributed by atoms with E-state index in [9.17, 15) is 13.2 Å². The standard InChI is InChI=1S/C9H11F3N2S/c1-7-6-13-3-2-8(7)14-4-5-15-9(10,11)12/h2-3,6H,4-5H2,1H3,(H,13,14). The molecule has 0 amide bonds. The van der Waals surface area contributed by atoms with E-state index in [0.717, 1.165) is 11.3 Å². The van der Waals surface area contributed by atoms with Gasteiger partial charge in [0.25, 0.3) is 0 Å². The van der Waals surface area contributed by atoms with Crippen molar-refractivity contribution in [3.8, 4) is 0 Å². The van der Waals surface area contributed by atoms with Crippen LogP contribution in [-0.2, 0) is 0 Å². The Kier molecular flexibility index (Phi) is 4.26. The quantitative estimate of drug-likeness (QED) is 0.813. The molecule has 0 aliphatic heterocycles. The van der Waals surface area contributed by atoms with Gasteiger partial charge in [0.05, 0.1) is 0 Å². The molecule has 1 N–H and O–H groups in total. The van der Waals surface area contributed by atoms with Gasteiger partial charge in [-0.05, 0) is 30.3 Å². The van der Waals surface area contributed by atoms with E-state index < -0.39 is 5.51 Å². The molecule has 0 bridgehead atoms. The van der Waals surface area contributed by atoms with Crippen molar-refractivity contribution in [3.63, 3.8) is 0 Å². The highest BCUT2D eigenvalue weighted by atomic mass is 32.2. The van der Waals surface area contributed by atoms with Gasteiger partial charge in [0.1, 0.15) is 0 Å². The molecule has 1 aromatic heterocycles. The molecule has 84 valence electrons. The third-order valence-corrected chi connectivity index (χ3v) is 2.44. The van der Waals surface area contributed by atoms with Crippen molar-refractivity contribution in [3.05, 3.63) is 24.0 Å². The summed E-state index contributed by atoms with van der Waals surface area (Å²) in [6.07, 6.45) is 3.27. The topological polar surface area (TPSA) is 24.9 Å². The first-order valence-electron chi connectivity index (χ1n) is 4.34. The van der Waals surface area contributed by atoms with Crippen molar-refractivity contribution < 1.29 is 13.2 Å². The molecule has 1 rings (SSSR count). The number of nitrogens with one attached hydrogen (secondary N) is 1. The second kappa shape index (κ2) is 5.25. The lowest BCUT2D eigenvalue weighted by Crippen LogP contribution is -2.10. The van der Waals surface area contributed by atoms with Crippen molar-refractivity contribution in [1.29, 1.82) is 0 Å². The van der Waals surface area contributed by atoms with Crippen LogP contribution in [0.25, 0.3) is 0 Å². The fourth-order valence-electron chi connectivity index (χ4n) is 1.02. The summed E-state index contributed by atoms with van der Waals surface area (Å²) in [5.41, 5.74) is -2.39. The number of aryl methyl sites for hydroxylation is 1. The highest BCUT2D eigenvalue weighted by Gasteiger charge is 2.27. The number of hydrogen-bond donors (Lipinski definition) is 1. The fourth-order valence-corrected chi connectivity index (χ4v) is 1.46. The molecule has 0 saturated carbocycles. The molecule has 0 saturated heterocycles. The van der Waals surface area contributed by atoms with E-state index >= 15 is 0 Å². The normalized spacial score (nSPS) is 11.5. The molecule has 1 aromatic rings. The molecule has 0 unspecified atom stereocenters. The maximum Gasteiger partial charge on any atom is 0.441 e. The number of hydrogen-bond acceptors (Lipinski definition) is 3. The third kappa shape index (κ3) is 4.92. The summed E-state index contributed by atoms with van der Waals surface area (Å²) in [6.45, 7) is 2.14. The predicted octanol–water partition coefficient (Wildman–Crippen LogP) is 3.05. The van der Waals surface area contributed by atoms with Crippen LogP contribution in [0.15, 0.2) is 18.5 Å². The zero-order valence-electron chi connectivity index (χ0n) is 8.14. The Hall–Kier alpha value is -0.910. The Balaban J connectivity index is 2.30. The molecule has 0 aliphatic carbocycles. The lowest BCUT2D eigenvalue weighted by atomic mass is 10.2. The van der Waals surface area contributed by atoms with E-state index in [2.05, 4.69) is 10.3 Å². The predicted molar refractivity (Wildman–Crippen MR) is 56.0 cm³/mol. The smallest absolute Gasteiger partial charge is 0.384 e. The number of aromatic nitrogens is 1. The van der Waals surface area contributed by atoms with Crippen LogP contribution in [-0.4, -0.2) is 22.8 Å². The Morgan fingerprint density at radius 3 is 2.80 bits per heavy atom. The van der Waals surface area contributed by atoms with Crippen molar-refractivity contribution in [2.24, 2.45) is 0 Å². The molecule has 0 atom stereocenters. The van der Waals surface area contributed by atoms with E-state index in [1.165, 1.54) is 0 Å². The van der Waals surface area contributed by atoms with E-state index in [0.29, 0.717) is 0 Å². The van der Waals surface area contributed by atoms with Crippen LogP contribution < -0.4 is 5.32 Å². The van der Waals surface area contributed by atoms with Crippen LogP contribution in [0.5, 0.6) is 0 Å². The molecule has 0 fully saturated rings. The highest BCUT2D eigenvalue weighted by Crippen LogP contribution is 2.29. The average molecular weight is 236 g/mol. The van der Waals surface area contributed by atoms with Gasteiger partial charge in [0, 0.05) is 30.4 Å². The van der Waals surface area contributed by atoms with Gasteiger partial charge < -0.3 is 5.32 Å². The van der Waals surface area contributed by atoms with Gasteiger partial charge in [0.2, 0.25) is 0 Å². The summed E-state index contributed by atoms with van der Waals surface area (Å²) in [6, 6.07) is 1.74. The van der Waals surface area contributed by atoms with E-state index in [4.69, 9.17) is 0 Å². The summed E-state index contributed by atoms with van der Waals surface area (Å²) >= 11 is -0.0195. The largest absolute Gasteiger partial charge is 0.441 e. The fraction of sp³-hybridized carbons (Fsp3) is 0.444. The van der Waals surface area contributed by atoms with Gasteiger partial charge in [-0.1, -0.05) is 0 Å². The van der Waals surface area contributed by atoms with Crippen LogP contribution in [0.1, 0.15) is 5.56 Å².